The Morgan fingerprint density at radius 1 is 1.00 bits per heavy atom. The van der Waals surface area contributed by atoms with Gasteiger partial charge in [-0.05, 0) is 27.9 Å². The zero-order chi connectivity index (χ0) is 21.0. The highest BCUT2D eigenvalue weighted by Gasteiger charge is 2.51. The first-order valence-electron chi connectivity index (χ1n) is 9.28. The van der Waals surface area contributed by atoms with E-state index in [9.17, 15) is 8.42 Å². The molecule has 0 aliphatic rings. The van der Waals surface area contributed by atoms with E-state index < -0.39 is 18.4 Å². The zero-order valence-corrected chi connectivity index (χ0v) is 19.1. The van der Waals surface area contributed by atoms with Crippen LogP contribution in [0, 0.1) is 0 Å². The Labute approximate surface area is 170 Å². The molecule has 0 aliphatic heterocycles. The first kappa shape index (κ1) is 22.6. The average molecular weight is 419 g/mol. The molecular formula is C22H30O4SSi. The minimum Gasteiger partial charge on any atom is -0.401 e. The maximum absolute atomic E-state index is 11.4. The molecule has 0 fully saturated rings. The summed E-state index contributed by atoms with van der Waals surface area (Å²) in [6.45, 7) is 12.4. The number of hydrogen-bond donors (Lipinski definition) is 0. The van der Waals surface area contributed by atoms with Crippen LogP contribution in [0.5, 0.6) is 0 Å². The molecule has 0 aliphatic carbocycles. The minimum absolute atomic E-state index is 0.0851. The number of benzene rings is 2. The van der Waals surface area contributed by atoms with Crippen LogP contribution in [0.1, 0.15) is 27.7 Å². The van der Waals surface area contributed by atoms with E-state index in [2.05, 4.69) is 51.6 Å². The molecule has 0 amide bonds. The Kier molecular flexibility index (Phi) is 7.04. The van der Waals surface area contributed by atoms with Gasteiger partial charge in [0, 0.05) is 0 Å². The normalized spacial score (nSPS) is 13.9. The van der Waals surface area contributed by atoms with E-state index in [-0.39, 0.29) is 17.7 Å². The molecule has 0 spiro atoms. The summed E-state index contributed by atoms with van der Waals surface area (Å²) in [7, 11) is -6.25. The fraction of sp³-hybridized carbons (Fsp3) is 0.364. The molecule has 0 unspecified atom stereocenters. The molecule has 1 atom stereocenters. The SMILES string of the molecule is C=C(COS(C)(=O)=O)[C@H](C)O[Si](c1ccccc1)(c1ccccc1)C(C)(C)C. The van der Waals surface area contributed by atoms with Crippen molar-refractivity contribution in [3.63, 3.8) is 0 Å². The van der Waals surface area contributed by atoms with E-state index in [1.54, 1.807) is 0 Å². The summed E-state index contributed by atoms with van der Waals surface area (Å²) < 4.78 is 34.5. The molecule has 0 saturated carbocycles. The quantitative estimate of drug-likeness (QED) is 0.374. The summed E-state index contributed by atoms with van der Waals surface area (Å²) in [6, 6.07) is 20.6. The van der Waals surface area contributed by atoms with Crippen LogP contribution in [0.25, 0.3) is 0 Å². The van der Waals surface area contributed by atoms with Crippen molar-refractivity contribution in [2.45, 2.75) is 38.8 Å². The molecule has 4 nitrogen and oxygen atoms in total. The van der Waals surface area contributed by atoms with Crippen LogP contribution in [0.4, 0.5) is 0 Å². The summed E-state index contributed by atoms with van der Waals surface area (Å²) in [5.74, 6) is 0. The molecule has 2 aromatic rings. The maximum Gasteiger partial charge on any atom is 0.264 e. The second kappa shape index (κ2) is 8.74. The van der Waals surface area contributed by atoms with Crippen LogP contribution in [0.15, 0.2) is 72.8 Å². The molecule has 28 heavy (non-hydrogen) atoms. The Morgan fingerprint density at radius 2 is 1.43 bits per heavy atom. The lowest BCUT2D eigenvalue weighted by molar-refractivity contribution is 0.221. The Hall–Kier alpha value is -1.73. The van der Waals surface area contributed by atoms with Crippen molar-refractivity contribution in [3.05, 3.63) is 72.8 Å². The van der Waals surface area contributed by atoms with Crippen molar-refractivity contribution in [1.29, 1.82) is 0 Å². The van der Waals surface area contributed by atoms with Crippen molar-refractivity contribution in [3.8, 4) is 0 Å². The molecule has 6 heteroatoms. The summed E-state index contributed by atoms with van der Waals surface area (Å²) in [5.41, 5.74) is 0.596. The lowest BCUT2D eigenvalue weighted by atomic mass is 10.2. The van der Waals surface area contributed by atoms with Crippen LogP contribution in [-0.2, 0) is 18.7 Å². The minimum atomic E-state index is -3.53. The average Bonchev–Trinajstić information content (AvgIpc) is 2.63. The lowest BCUT2D eigenvalue weighted by Gasteiger charge is -2.45. The molecule has 0 N–H and O–H groups in total. The van der Waals surface area contributed by atoms with Gasteiger partial charge >= 0.3 is 0 Å². The number of hydrogen-bond acceptors (Lipinski definition) is 4. The van der Waals surface area contributed by atoms with Crippen LogP contribution in [0.3, 0.4) is 0 Å². The van der Waals surface area contributed by atoms with E-state index in [1.807, 2.05) is 43.3 Å². The third kappa shape index (κ3) is 5.20. The van der Waals surface area contributed by atoms with Gasteiger partial charge in [0.25, 0.3) is 18.4 Å². The fourth-order valence-corrected chi connectivity index (χ4v) is 8.42. The number of rotatable bonds is 8. The molecule has 0 bridgehead atoms. The van der Waals surface area contributed by atoms with Gasteiger partial charge in [0.05, 0.1) is 19.0 Å². The third-order valence-corrected chi connectivity index (χ3v) is 10.5. The standard InChI is InChI=1S/C22H30O4SSi/c1-18(17-25-27(6,23)24)19(2)26-28(22(3,4)5,20-13-9-7-10-14-20)21-15-11-8-12-16-21/h7-16,19H,1,17H2,2-6H3/t19-/m0/s1. The van der Waals surface area contributed by atoms with E-state index in [0.717, 1.165) is 16.6 Å². The van der Waals surface area contributed by atoms with Crippen molar-refractivity contribution in [2.24, 2.45) is 0 Å². The predicted molar refractivity (Wildman–Crippen MR) is 118 cm³/mol. The van der Waals surface area contributed by atoms with Crippen LogP contribution in [-0.4, -0.2) is 35.7 Å². The van der Waals surface area contributed by atoms with E-state index in [0.29, 0.717) is 5.57 Å². The van der Waals surface area contributed by atoms with Crippen LogP contribution < -0.4 is 10.4 Å². The van der Waals surface area contributed by atoms with Crippen LogP contribution in [0.2, 0.25) is 5.04 Å². The van der Waals surface area contributed by atoms with Crippen molar-refractivity contribution in [2.75, 3.05) is 12.9 Å². The van der Waals surface area contributed by atoms with Crippen molar-refractivity contribution >= 4 is 28.8 Å². The zero-order valence-electron chi connectivity index (χ0n) is 17.3. The van der Waals surface area contributed by atoms with Gasteiger partial charge in [-0.1, -0.05) is 88.0 Å². The molecule has 152 valence electrons. The molecule has 0 heterocycles. The van der Waals surface area contributed by atoms with E-state index in [4.69, 9.17) is 8.61 Å². The third-order valence-electron chi connectivity index (χ3n) is 4.80. The summed E-state index contributed by atoms with van der Waals surface area (Å²) in [5, 5.41) is 2.16. The molecular weight excluding hydrogens is 388 g/mol. The van der Waals surface area contributed by atoms with Crippen molar-refractivity contribution in [1.82, 2.24) is 0 Å². The van der Waals surface area contributed by atoms with Crippen LogP contribution >= 0.6 is 0 Å². The lowest BCUT2D eigenvalue weighted by Crippen LogP contribution is -2.67. The largest absolute Gasteiger partial charge is 0.401 e. The summed E-state index contributed by atoms with van der Waals surface area (Å²) in [6.07, 6.45) is 0.668. The van der Waals surface area contributed by atoms with E-state index >= 15 is 0 Å². The van der Waals surface area contributed by atoms with Crippen molar-refractivity contribution < 1.29 is 17.0 Å². The highest BCUT2D eigenvalue weighted by atomic mass is 32.2. The maximum atomic E-state index is 11.4. The molecule has 2 rings (SSSR count). The predicted octanol–water partition coefficient (Wildman–Crippen LogP) is 3.48. The first-order valence-corrected chi connectivity index (χ1v) is 13.0. The fourth-order valence-electron chi connectivity index (χ4n) is 3.34. The smallest absolute Gasteiger partial charge is 0.264 e. The second-order valence-electron chi connectivity index (χ2n) is 8.05. The van der Waals surface area contributed by atoms with Gasteiger partial charge in [-0.25, -0.2) is 0 Å². The van der Waals surface area contributed by atoms with E-state index in [1.165, 1.54) is 0 Å². The Morgan fingerprint density at radius 3 is 1.79 bits per heavy atom. The topological polar surface area (TPSA) is 52.6 Å². The summed E-state index contributed by atoms with van der Waals surface area (Å²) >= 11 is 0. The second-order valence-corrected chi connectivity index (χ2v) is 13.9. The van der Waals surface area contributed by atoms with Gasteiger partial charge in [0.1, 0.15) is 0 Å². The molecule has 0 aromatic heterocycles. The van der Waals surface area contributed by atoms with Gasteiger partial charge < -0.3 is 4.43 Å². The Bertz CT molecular complexity index is 848. The highest BCUT2D eigenvalue weighted by Crippen LogP contribution is 2.38. The molecule has 0 saturated heterocycles. The van der Waals surface area contributed by atoms with Gasteiger partial charge in [0.2, 0.25) is 0 Å². The molecule has 2 aromatic carbocycles. The van der Waals surface area contributed by atoms with Gasteiger partial charge in [-0.15, -0.1) is 0 Å². The van der Waals surface area contributed by atoms with Gasteiger partial charge in [-0.3, -0.25) is 4.18 Å². The summed E-state index contributed by atoms with van der Waals surface area (Å²) in [4.78, 5) is 0. The highest BCUT2D eigenvalue weighted by molar-refractivity contribution is 7.86. The Balaban J connectivity index is 2.51. The monoisotopic (exact) mass is 418 g/mol. The van der Waals surface area contributed by atoms with Gasteiger partial charge in [-0.2, -0.15) is 8.42 Å². The van der Waals surface area contributed by atoms with Gasteiger partial charge in [0.15, 0.2) is 0 Å². The first-order chi connectivity index (χ1) is 13.0. The molecule has 0 radical (unpaired) electrons.